The van der Waals surface area contributed by atoms with Crippen LogP contribution in [0.15, 0.2) is 29.6 Å². The van der Waals surface area contributed by atoms with Crippen LogP contribution in [0.2, 0.25) is 0 Å². The van der Waals surface area contributed by atoms with E-state index in [0.29, 0.717) is 35.7 Å². The summed E-state index contributed by atoms with van der Waals surface area (Å²) < 4.78 is 11.3. The molecule has 1 saturated heterocycles. The summed E-state index contributed by atoms with van der Waals surface area (Å²) in [6, 6.07) is 0. The summed E-state index contributed by atoms with van der Waals surface area (Å²) >= 11 is 0. The first-order chi connectivity index (χ1) is 24.0. The fourth-order valence-electron chi connectivity index (χ4n) is 7.84. The van der Waals surface area contributed by atoms with E-state index in [4.69, 9.17) is 29.7 Å². The molecule has 3 atom stereocenters. The standard InChI is InChI=1S/C42H49N4O4.Mg/c1-10-14-22(4)16-18-50-17-13-15-29-25(7)32-19-30-23(5)27(11-2)34(43-30)20-31-24(6)28(12-3)35(44-31)21-33-26(8)36-40(46-33)37(39(29)45-32)38(41(36)47)42(48)49-9;/h11,16,19-21,25,29,38H,2,10,12-15,17-18H2,1,3-9H3,(H-,45,46,47);/q-3;+2/p-1/b22-16+,31-20-,32-19-,35-21-;/t25-,29-,38+;/m0./s1. The van der Waals surface area contributed by atoms with Crippen LogP contribution in [0.4, 0.5) is 0 Å². The van der Waals surface area contributed by atoms with Crippen LogP contribution in [0.1, 0.15) is 114 Å². The average Bonchev–Trinajstić information content (AvgIpc) is 3.83. The molecule has 3 aromatic heterocycles. The fraction of sp³-hybridized carbons (Fsp3) is 0.429. The van der Waals surface area contributed by atoms with Crippen molar-refractivity contribution in [1.82, 2.24) is 15.0 Å². The number of allylic oxidation sites excluding steroid dienone is 3. The van der Waals surface area contributed by atoms with E-state index in [2.05, 4.69) is 60.3 Å². The molecule has 1 aliphatic carbocycles. The van der Waals surface area contributed by atoms with Crippen LogP contribution in [0, 0.1) is 38.5 Å². The van der Waals surface area contributed by atoms with Gasteiger partial charge >= 0.3 is 29.0 Å². The summed E-state index contributed by atoms with van der Waals surface area (Å²) in [6.07, 6.45) is 14.6. The van der Waals surface area contributed by atoms with Crippen molar-refractivity contribution >= 4 is 64.7 Å². The van der Waals surface area contributed by atoms with Gasteiger partial charge in [-0.15, -0.1) is 33.5 Å². The van der Waals surface area contributed by atoms with Crippen molar-refractivity contribution in [3.8, 4) is 0 Å². The van der Waals surface area contributed by atoms with E-state index in [9.17, 15) is 9.59 Å². The number of aromatic nitrogens is 3. The van der Waals surface area contributed by atoms with Gasteiger partial charge in [0, 0.05) is 12.2 Å². The average molecular weight is 697 g/mol. The molecule has 8 bridgehead atoms. The molecule has 0 spiro atoms. The van der Waals surface area contributed by atoms with E-state index in [1.54, 1.807) is 0 Å². The monoisotopic (exact) mass is 696 g/mol. The Bertz CT molecular complexity index is 2090. The Morgan fingerprint density at radius 3 is 2.39 bits per heavy atom. The zero-order valence-corrected chi connectivity index (χ0v) is 32.8. The van der Waals surface area contributed by atoms with Crippen LogP contribution in [-0.4, -0.2) is 55.1 Å². The molecule has 5 heterocycles. The number of ketones is 1. The Labute approximate surface area is 317 Å². The second-order valence-corrected chi connectivity index (χ2v) is 13.8. The van der Waals surface area contributed by atoms with Crippen LogP contribution in [0.3, 0.4) is 0 Å². The number of nitrogens with zero attached hydrogens (tertiary/aromatic N) is 4. The van der Waals surface area contributed by atoms with Gasteiger partial charge in [0.25, 0.3) is 0 Å². The van der Waals surface area contributed by atoms with Crippen molar-refractivity contribution in [2.75, 3.05) is 20.3 Å². The zero-order valence-electron chi connectivity index (χ0n) is 31.4. The van der Waals surface area contributed by atoms with Crippen molar-refractivity contribution in [3.05, 3.63) is 102 Å². The van der Waals surface area contributed by atoms with Gasteiger partial charge in [-0.2, -0.15) is 11.4 Å². The van der Waals surface area contributed by atoms with Gasteiger partial charge in [-0.1, -0.05) is 97.6 Å². The number of esters is 1. The maximum Gasteiger partial charge on any atom is 2.00 e. The molecule has 9 heteroatoms. The van der Waals surface area contributed by atoms with Crippen molar-refractivity contribution in [3.63, 3.8) is 0 Å². The minimum absolute atomic E-state index is 0. The first-order valence-corrected chi connectivity index (χ1v) is 17.9. The Morgan fingerprint density at radius 1 is 0.980 bits per heavy atom. The van der Waals surface area contributed by atoms with Gasteiger partial charge in [0.1, 0.15) is 5.92 Å². The van der Waals surface area contributed by atoms with Gasteiger partial charge in [0.05, 0.1) is 13.7 Å². The largest absolute Gasteiger partial charge is 2.00 e. The minimum atomic E-state index is -1.12. The molecule has 0 amide bonds. The zero-order chi connectivity index (χ0) is 35.9. The fourth-order valence-corrected chi connectivity index (χ4v) is 7.84. The number of fused-ring (bicyclic) bond motifs is 7. The topological polar surface area (TPSA) is 109 Å². The third kappa shape index (κ3) is 6.92. The van der Waals surface area contributed by atoms with Gasteiger partial charge in [0.2, 0.25) is 0 Å². The molecule has 6 rings (SSSR count). The Balaban J connectivity index is 0.00000504. The predicted octanol–water partition coefficient (Wildman–Crippen LogP) is 6.20. The molecule has 0 aromatic carbocycles. The van der Waals surface area contributed by atoms with E-state index < -0.39 is 11.9 Å². The van der Waals surface area contributed by atoms with Gasteiger partial charge in [-0.25, -0.2) is 0 Å². The van der Waals surface area contributed by atoms with E-state index in [1.807, 2.05) is 25.2 Å². The number of carbonyl (C=O) groups excluding carboxylic acids is 2. The number of Topliss-reactive ketones (excluding diaryl/α,β-unsaturated/α-hetero) is 1. The second kappa shape index (κ2) is 15.8. The molecule has 0 saturated carbocycles. The van der Waals surface area contributed by atoms with E-state index in [-0.39, 0.29) is 40.7 Å². The first kappa shape index (κ1) is 38.4. The summed E-state index contributed by atoms with van der Waals surface area (Å²) in [6.45, 7) is 19.9. The van der Waals surface area contributed by atoms with Crippen LogP contribution in [0.25, 0.3) is 35.2 Å². The SMILES string of the molecule is C=Cc1c2[n-]c(c1C)/C=C1\[N-]/C(=C3\c4[n-]c(c(C)c4C(=O)[C@@H]3C(=O)OC)/C=c3\[n-]/c(c(C)c3CC)=C\2)[C@@H](CCCOC/C=C(\C)CCC)[C@@H]1C.[Mg+2]. The maximum absolute atomic E-state index is 14.2. The van der Waals surface area contributed by atoms with Gasteiger partial charge in [-0.3, -0.25) is 9.59 Å². The number of methoxy groups -OCH3 is 1. The summed E-state index contributed by atoms with van der Waals surface area (Å²) in [4.78, 5) is 42.9. The van der Waals surface area contributed by atoms with Gasteiger partial charge in [-0.05, 0) is 70.8 Å². The second-order valence-electron chi connectivity index (χ2n) is 13.8. The smallest absolute Gasteiger partial charge is 0.664 e. The van der Waals surface area contributed by atoms with E-state index in [0.717, 1.165) is 93.4 Å². The number of rotatable bonds is 11. The first-order valence-electron chi connectivity index (χ1n) is 17.9. The van der Waals surface area contributed by atoms with Crippen molar-refractivity contribution < 1.29 is 19.1 Å². The normalized spacial score (nSPS) is 23.1. The van der Waals surface area contributed by atoms with E-state index >= 15 is 0 Å². The predicted molar refractivity (Wildman–Crippen MR) is 205 cm³/mol. The number of carbonyl (C=O) groups is 2. The Morgan fingerprint density at radius 2 is 1.71 bits per heavy atom. The summed E-state index contributed by atoms with van der Waals surface area (Å²) in [5.74, 6) is -2.09. The third-order valence-corrected chi connectivity index (χ3v) is 10.7. The number of ether oxygens (including phenoxy) is 2. The van der Waals surface area contributed by atoms with Crippen LogP contribution < -0.4 is 25.7 Å². The molecule has 0 unspecified atom stereocenters. The van der Waals surface area contributed by atoms with Gasteiger partial charge in [0.15, 0.2) is 5.78 Å². The Kier molecular flexibility index (Phi) is 11.9. The molecule has 51 heavy (non-hydrogen) atoms. The molecule has 2 aliphatic heterocycles. The molecule has 3 aromatic rings. The molecule has 264 valence electrons. The molecule has 8 nitrogen and oxygen atoms in total. The quantitative estimate of drug-likeness (QED) is 0.0773. The van der Waals surface area contributed by atoms with Crippen LogP contribution >= 0.6 is 0 Å². The summed E-state index contributed by atoms with van der Waals surface area (Å²) in [7, 11) is 1.33. The number of hydrogen-bond acceptors (Lipinski definition) is 4. The van der Waals surface area contributed by atoms with Crippen molar-refractivity contribution in [2.24, 2.45) is 17.8 Å². The third-order valence-electron chi connectivity index (χ3n) is 10.7. The molecule has 1 fully saturated rings. The molecule has 3 aliphatic rings. The minimum Gasteiger partial charge on any atom is -0.664 e. The van der Waals surface area contributed by atoms with E-state index in [1.165, 1.54) is 12.7 Å². The van der Waals surface area contributed by atoms with Crippen molar-refractivity contribution in [2.45, 2.75) is 80.6 Å². The molecule has 0 radical (unpaired) electrons. The van der Waals surface area contributed by atoms with Crippen molar-refractivity contribution in [1.29, 1.82) is 0 Å². The molecular weight excluding hydrogens is 649 g/mol. The van der Waals surface area contributed by atoms with Crippen LogP contribution in [-0.2, 0) is 20.7 Å². The van der Waals surface area contributed by atoms with Crippen LogP contribution in [0.5, 0.6) is 0 Å². The summed E-state index contributed by atoms with van der Waals surface area (Å²) in [5, 5.41) is 6.93. The molecule has 0 N–H and O–H groups in total. The summed E-state index contributed by atoms with van der Waals surface area (Å²) in [5.41, 5.74) is 11.7. The maximum atomic E-state index is 14.2. The number of hydrogen-bond donors (Lipinski definition) is 0. The molecular formula is C42H48MgN4O4-2. The Hall–Kier alpha value is -3.79. The van der Waals surface area contributed by atoms with Gasteiger partial charge < -0.3 is 29.7 Å².